The monoisotopic (exact) mass is 376 g/mol. The molecular weight excluding hydrogens is 360 g/mol. The maximum atomic E-state index is 6.25. The van der Waals surface area contributed by atoms with Crippen LogP contribution in [-0.4, -0.2) is 29.1 Å². The fourth-order valence-electron chi connectivity index (χ4n) is 2.47. The van der Waals surface area contributed by atoms with E-state index in [-0.39, 0.29) is 0 Å². The second kappa shape index (κ2) is 7.58. The molecule has 0 saturated carbocycles. The Morgan fingerprint density at radius 2 is 1.96 bits per heavy atom. The van der Waals surface area contributed by atoms with Gasteiger partial charge < -0.3 is 14.9 Å². The van der Waals surface area contributed by atoms with Gasteiger partial charge in [-0.25, -0.2) is 9.77 Å². The van der Waals surface area contributed by atoms with Gasteiger partial charge >= 0.3 is 0 Å². The lowest BCUT2D eigenvalue weighted by molar-refractivity contribution is 0.354. The molecule has 2 N–H and O–H groups in total. The molecule has 3 aromatic rings. The van der Waals surface area contributed by atoms with Crippen molar-refractivity contribution in [2.75, 3.05) is 19.6 Å². The van der Waals surface area contributed by atoms with Crippen LogP contribution in [0.1, 0.15) is 5.56 Å². The van der Waals surface area contributed by atoms with Crippen LogP contribution in [0.3, 0.4) is 0 Å². The molecule has 0 fully saturated rings. The van der Waals surface area contributed by atoms with Gasteiger partial charge in [0.2, 0.25) is 4.77 Å². The summed E-state index contributed by atoms with van der Waals surface area (Å²) < 4.78 is 12.8. The van der Waals surface area contributed by atoms with Crippen LogP contribution < -0.4 is 14.9 Å². The molecule has 1 aromatic heterocycles. The fourth-order valence-corrected chi connectivity index (χ4v) is 2.98. The molecule has 1 heterocycles. The van der Waals surface area contributed by atoms with E-state index in [9.17, 15) is 0 Å². The molecule has 25 heavy (non-hydrogen) atoms. The lowest BCUT2D eigenvalue weighted by Gasteiger charge is -2.14. The van der Waals surface area contributed by atoms with Crippen LogP contribution in [0, 0.1) is 4.77 Å². The van der Waals surface area contributed by atoms with Crippen LogP contribution in [0.4, 0.5) is 0 Å². The van der Waals surface area contributed by atoms with E-state index >= 15 is 0 Å². The zero-order chi connectivity index (χ0) is 17.8. The van der Waals surface area contributed by atoms with Crippen LogP contribution in [0.25, 0.3) is 11.4 Å². The molecule has 0 unspecified atom stereocenters. The Labute approximate surface area is 155 Å². The number of aromatic amines is 1. The van der Waals surface area contributed by atoms with E-state index in [2.05, 4.69) is 15.6 Å². The van der Waals surface area contributed by atoms with E-state index in [4.69, 9.17) is 33.3 Å². The first kappa shape index (κ1) is 17.3. The summed E-state index contributed by atoms with van der Waals surface area (Å²) in [6.45, 7) is 0.480. The molecule has 0 saturated heterocycles. The van der Waals surface area contributed by atoms with Gasteiger partial charge in [-0.3, -0.25) is 0 Å². The Balaban J connectivity index is 1.87. The van der Waals surface area contributed by atoms with Crippen molar-refractivity contribution in [3.8, 4) is 22.9 Å². The smallest absolute Gasteiger partial charge is 0.214 e. The second-order valence-electron chi connectivity index (χ2n) is 5.20. The van der Waals surface area contributed by atoms with Crippen LogP contribution in [0.2, 0.25) is 5.02 Å². The third kappa shape index (κ3) is 3.62. The average Bonchev–Trinajstić information content (AvgIpc) is 3.00. The molecule has 6 nitrogen and oxygen atoms in total. The molecule has 0 spiro atoms. The summed E-state index contributed by atoms with van der Waals surface area (Å²) in [5, 5.41) is 7.58. The average molecular weight is 377 g/mol. The lowest BCUT2D eigenvalue weighted by atomic mass is 10.2. The van der Waals surface area contributed by atoms with E-state index in [0.29, 0.717) is 33.7 Å². The van der Waals surface area contributed by atoms with E-state index < -0.39 is 0 Å². The Kier molecular flexibility index (Phi) is 5.25. The molecule has 0 aliphatic rings. The topological polar surface area (TPSA) is 64.1 Å². The predicted octanol–water partition coefficient (Wildman–Crippen LogP) is 4.02. The first-order valence-corrected chi connectivity index (χ1v) is 8.29. The Morgan fingerprint density at radius 3 is 2.64 bits per heavy atom. The number of H-pyrrole nitrogens is 1. The molecule has 0 amide bonds. The number of nitrogens with one attached hydrogen (secondary N) is 2. The van der Waals surface area contributed by atoms with Crippen molar-refractivity contribution in [3.63, 3.8) is 0 Å². The number of hydrogen-bond acceptors (Lipinski definition) is 5. The zero-order valence-corrected chi connectivity index (χ0v) is 15.3. The third-order valence-corrected chi connectivity index (χ3v) is 4.19. The minimum absolute atomic E-state index is 0.477. The number of rotatable bonds is 6. The van der Waals surface area contributed by atoms with Crippen LogP contribution in [0.5, 0.6) is 11.5 Å². The number of halogens is 1. The van der Waals surface area contributed by atoms with Gasteiger partial charge in [0.1, 0.15) is 0 Å². The lowest BCUT2D eigenvalue weighted by Crippen LogP contribution is -2.16. The van der Waals surface area contributed by atoms with Crippen molar-refractivity contribution < 1.29 is 9.47 Å². The van der Waals surface area contributed by atoms with Gasteiger partial charge in [0.25, 0.3) is 0 Å². The molecule has 2 aromatic carbocycles. The normalized spacial score (nSPS) is 10.5. The third-order valence-electron chi connectivity index (χ3n) is 3.64. The zero-order valence-electron chi connectivity index (χ0n) is 13.7. The number of benzene rings is 2. The van der Waals surface area contributed by atoms with Crippen molar-refractivity contribution in [1.82, 2.24) is 14.9 Å². The minimum Gasteiger partial charge on any atom is -0.493 e. The highest BCUT2D eigenvalue weighted by Crippen LogP contribution is 2.36. The Bertz CT molecular complexity index is 924. The van der Waals surface area contributed by atoms with Gasteiger partial charge in [-0.1, -0.05) is 41.9 Å². The fraction of sp³-hybridized carbons (Fsp3) is 0.176. The van der Waals surface area contributed by atoms with Gasteiger partial charge in [0.15, 0.2) is 17.3 Å². The number of ether oxygens (including phenoxy) is 2. The highest BCUT2D eigenvalue weighted by molar-refractivity contribution is 7.71. The second-order valence-corrected chi connectivity index (χ2v) is 6.00. The van der Waals surface area contributed by atoms with Crippen LogP contribution in [0.15, 0.2) is 42.5 Å². The van der Waals surface area contributed by atoms with E-state index in [1.165, 1.54) is 0 Å². The molecule has 0 aliphatic carbocycles. The Morgan fingerprint density at radius 1 is 1.20 bits per heavy atom. The summed E-state index contributed by atoms with van der Waals surface area (Å²) in [6, 6.07) is 13.5. The highest BCUT2D eigenvalue weighted by atomic mass is 35.5. The molecule has 130 valence electrons. The minimum atomic E-state index is 0.477. The van der Waals surface area contributed by atoms with Crippen molar-refractivity contribution in [2.45, 2.75) is 6.54 Å². The van der Waals surface area contributed by atoms with E-state index in [1.54, 1.807) is 18.9 Å². The summed E-state index contributed by atoms with van der Waals surface area (Å²) in [4.78, 5) is 0. The molecular formula is C17H17ClN4O2S. The van der Waals surface area contributed by atoms with Gasteiger partial charge in [-0.15, -0.1) is 0 Å². The summed E-state index contributed by atoms with van der Waals surface area (Å²) in [5.41, 5.74) is 5.13. The van der Waals surface area contributed by atoms with Crippen LogP contribution in [-0.2, 0) is 6.54 Å². The molecule has 3 rings (SSSR count). The molecule has 0 bridgehead atoms. The molecule has 0 radical (unpaired) electrons. The first-order valence-electron chi connectivity index (χ1n) is 7.51. The van der Waals surface area contributed by atoms with Crippen molar-refractivity contribution >= 4 is 23.8 Å². The maximum absolute atomic E-state index is 6.25. The first-order chi connectivity index (χ1) is 12.1. The van der Waals surface area contributed by atoms with E-state index in [0.717, 1.165) is 11.1 Å². The number of nitrogens with zero attached hydrogens (tertiary/aromatic N) is 2. The van der Waals surface area contributed by atoms with Gasteiger partial charge in [0, 0.05) is 5.56 Å². The standard InChI is InChI=1S/C17H17ClN4O2S/c1-23-14-9-11(8-13(18)15(14)24-2)10-19-22-16(20-21-17(22)25)12-6-4-3-5-7-12/h3-9,19H,10H2,1-2H3,(H,21,25). The molecule has 0 aliphatic heterocycles. The highest BCUT2D eigenvalue weighted by Gasteiger charge is 2.12. The predicted molar refractivity (Wildman–Crippen MR) is 100 cm³/mol. The maximum Gasteiger partial charge on any atom is 0.214 e. The number of methoxy groups -OCH3 is 2. The molecule has 0 atom stereocenters. The summed E-state index contributed by atoms with van der Waals surface area (Å²) in [6.07, 6.45) is 0. The van der Waals surface area contributed by atoms with Gasteiger partial charge in [-0.2, -0.15) is 5.10 Å². The SMILES string of the molecule is COc1cc(CNn2c(-c3ccccc3)n[nH]c2=S)cc(Cl)c1OC. The van der Waals surface area contributed by atoms with Crippen LogP contribution >= 0.6 is 23.8 Å². The summed E-state index contributed by atoms with van der Waals surface area (Å²) >= 11 is 11.6. The van der Waals surface area contributed by atoms with Gasteiger partial charge in [0.05, 0.1) is 25.8 Å². The largest absolute Gasteiger partial charge is 0.493 e. The quantitative estimate of drug-likeness (QED) is 0.636. The summed E-state index contributed by atoms with van der Waals surface area (Å²) in [5.74, 6) is 1.79. The number of hydrogen-bond donors (Lipinski definition) is 2. The number of aromatic nitrogens is 3. The van der Waals surface area contributed by atoms with Crippen molar-refractivity contribution in [1.29, 1.82) is 0 Å². The Hall–Kier alpha value is -2.51. The van der Waals surface area contributed by atoms with E-state index in [1.807, 2.05) is 42.5 Å². The molecule has 8 heteroatoms. The van der Waals surface area contributed by atoms with Gasteiger partial charge in [-0.05, 0) is 29.9 Å². The van der Waals surface area contributed by atoms with Crippen molar-refractivity contribution in [3.05, 3.63) is 57.8 Å². The van der Waals surface area contributed by atoms with Crippen molar-refractivity contribution in [2.24, 2.45) is 0 Å². The summed E-state index contributed by atoms with van der Waals surface area (Å²) in [7, 11) is 3.13.